The third kappa shape index (κ3) is 4.34. The maximum atomic E-state index is 6.15. The number of rotatable bonds is 6. The Morgan fingerprint density at radius 3 is 2.96 bits per heavy atom. The van der Waals surface area contributed by atoms with Crippen LogP contribution in [0.25, 0.3) is 5.57 Å². The lowest BCUT2D eigenvalue weighted by Crippen LogP contribution is -2.50. The van der Waals surface area contributed by atoms with E-state index >= 15 is 0 Å². The number of anilines is 1. The second kappa shape index (κ2) is 7.61. The quantitative estimate of drug-likeness (QED) is 0.828. The molecule has 2 heterocycles. The van der Waals surface area contributed by atoms with E-state index in [0.29, 0.717) is 11.7 Å². The lowest BCUT2D eigenvalue weighted by molar-refractivity contribution is -0.288. The molecular weight excluding hydrogens is 336 g/mol. The molecule has 2 aliphatic rings. The number of aromatic nitrogens is 2. The van der Waals surface area contributed by atoms with Crippen molar-refractivity contribution in [3.63, 3.8) is 0 Å². The summed E-state index contributed by atoms with van der Waals surface area (Å²) < 4.78 is 12.0. The molecule has 1 fully saturated rings. The fourth-order valence-electron chi connectivity index (χ4n) is 3.54. The van der Waals surface area contributed by atoms with Crippen LogP contribution >= 0.6 is 11.8 Å². The first-order valence-corrected chi connectivity index (χ1v) is 10.1. The van der Waals surface area contributed by atoms with Crippen LogP contribution < -0.4 is 5.73 Å². The summed E-state index contributed by atoms with van der Waals surface area (Å²) in [5, 5.41) is 0. The molecule has 6 nitrogen and oxygen atoms in total. The molecule has 0 bridgehead atoms. The zero-order chi connectivity index (χ0) is 18.0. The van der Waals surface area contributed by atoms with Gasteiger partial charge in [-0.05, 0) is 39.1 Å². The minimum atomic E-state index is -0.489. The second-order valence-corrected chi connectivity index (χ2v) is 8.21. The summed E-state index contributed by atoms with van der Waals surface area (Å²) in [5.74, 6) is 1.45. The molecule has 0 aromatic carbocycles. The van der Waals surface area contributed by atoms with E-state index < -0.39 is 5.79 Å². The Morgan fingerprint density at radius 2 is 2.20 bits per heavy atom. The van der Waals surface area contributed by atoms with Gasteiger partial charge in [0.25, 0.3) is 0 Å². The zero-order valence-electron chi connectivity index (χ0n) is 15.5. The van der Waals surface area contributed by atoms with Gasteiger partial charge in [-0.1, -0.05) is 6.08 Å². The first-order valence-electron chi connectivity index (χ1n) is 8.67. The summed E-state index contributed by atoms with van der Waals surface area (Å²) in [7, 11) is 2.14. The average Bonchev–Trinajstić information content (AvgIpc) is 2.94. The molecule has 25 heavy (non-hydrogen) atoms. The molecule has 1 aliphatic carbocycles. The molecule has 2 atom stereocenters. The summed E-state index contributed by atoms with van der Waals surface area (Å²) in [6, 6.07) is 0. The van der Waals surface area contributed by atoms with Crippen molar-refractivity contribution in [2.75, 3.05) is 44.5 Å². The Kier molecular flexibility index (Phi) is 5.68. The number of thioether (sulfide) groups is 1. The van der Waals surface area contributed by atoms with Crippen molar-refractivity contribution in [2.24, 2.45) is 5.92 Å². The average molecular weight is 365 g/mol. The standard InChI is InChI=1S/C18H28N4O2S/c1-18(2)23-9-13(15(24-18)10-25-4)8-22(3)7-12-5-6-14-16(12)20-11-21-17(14)19/h5,11,13,15H,6-10H2,1-4H3,(H2,19,20,21)/t13?,15-/m0/s1. The molecule has 3 rings (SSSR count). The molecule has 138 valence electrons. The predicted octanol–water partition coefficient (Wildman–Crippen LogP) is 2.06. The summed E-state index contributed by atoms with van der Waals surface area (Å²) in [4.78, 5) is 10.8. The molecule has 1 aromatic rings. The Morgan fingerprint density at radius 1 is 1.40 bits per heavy atom. The van der Waals surface area contributed by atoms with E-state index in [4.69, 9.17) is 15.2 Å². The van der Waals surface area contributed by atoms with Crippen LogP contribution in [-0.2, 0) is 15.9 Å². The van der Waals surface area contributed by atoms with Gasteiger partial charge in [0.1, 0.15) is 12.1 Å². The van der Waals surface area contributed by atoms with E-state index in [1.54, 1.807) is 6.33 Å². The van der Waals surface area contributed by atoms with E-state index in [1.807, 2.05) is 25.6 Å². The topological polar surface area (TPSA) is 73.5 Å². The summed E-state index contributed by atoms with van der Waals surface area (Å²) in [6.07, 6.45) is 6.92. The van der Waals surface area contributed by atoms with Gasteiger partial charge in [0.05, 0.1) is 18.4 Å². The molecule has 1 aromatic heterocycles. The molecule has 0 spiro atoms. The number of ether oxygens (including phenoxy) is 2. The first kappa shape index (κ1) is 18.6. The molecule has 0 radical (unpaired) electrons. The van der Waals surface area contributed by atoms with Gasteiger partial charge in [-0.15, -0.1) is 0 Å². The number of nitrogens with zero attached hydrogens (tertiary/aromatic N) is 3. The van der Waals surface area contributed by atoms with Crippen LogP contribution in [0.15, 0.2) is 12.4 Å². The Bertz CT molecular complexity index is 650. The Hall–Kier alpha value is -1.15. The first-order chi connectivity index (χ1) is 11.9. The molecule has 1 aliphatic heterocycles. The summed E-state index contributed by atoms with van der Waals surface area (Å²) in [6.45, 7) is 6.48. The fourth-order valence-corrected chi connectivity index (χ4v) is 4.20. The van der Waals surface area contributed by atoms with Gasteiger partial charge in [-0.3, -0.25) is 0 Å². The SMILES string of the molecule is CSC[C@@H]1OC(C)(C)OCC1CN(C)CC1=CCc2c(N)ncnc21. The molecular formula is C18H28N4O2S. The minimum Gasteiger partial charge on any atom is -0.383 e. The fraction of sp³-hybridized carbons (Fsp3) is 0.667. The van der Waals surface area contributed by atoms with E-state index in [9.17, 15) is 0 Å². The van der Waals surface area contributed by atoms with Crippen LogP contribution in [0.4, 0.5) is 5.82 Å². The minimum absolute atomic E-state index is 0.212. The zero-order valence-corrected chi connectivity index (χ0v) is 16.3. The molecule has 7 heteroatoms. The highest BCUT2D eigenvalue weighted by atomic mass is 32.2. The van der Waals surface area contributed by atoms with Crippen molar-refractivity contribution >= 4 is 23.2 Å². The number of nitrogen functional groups attached to an aromatic ring is 1. The highest BCUT2D eigenvalue weighted by Crippen LogP contribution is 2.31. The van der Waals surface area contributed by atoms with Gasteiger partial charge in [-0.25, -0.2) is 9.97 Å². The van der Waals surface area contributed by atoms with Gasteiger partial charge in [0.15, 0.2) is 5.79 Å². The van der Waals surface area contributed by atoms with Gasteiger partial charge in [0.2, 0.25) is 0 Å². The third-order valence-electron chi connectivity index (χ3n) is 4.76. The van der Waals surface area contributed by atoms with Crippen molar-refractivity contribution in [1.82, 2.24) is 14.9 Å². The van der Waals surface area contributed by atoms with Crippen LogP contribution in [0.1, 0.15) is 25.1 Å². The molecule has 1 unspecified atom stereocenters. The second-order valence-electron chi connectivity index (χ2n) is 7.30. The van der Waals surface area contributed by atoms with Crippen molar-refractivity contribution in [2.45, 2.75) is 32.2 Å². The normalized spacial score (nSPS) is 25.1. The van der Waals surface area contributed by atoms with Gasteiger partial charge in [-0.2, -0.15) is 11.8 Å². The predicted molar refractivity (Wildman–Crippen MR) is 102 cm³/mol. The molecule has 0 amide bonds. The Labute approximate surface area is 154 Å². The molecule has 2 N–H and O–H groups in total. The maximum absolute atomic E-state index is 6.15. The van der Waals surface area contributed by atoms with Crippen molar-refractivity contribution in [3.8, 4) is 0 Å². The lowest BCUT2D eigenvalue weighted by Gasteiger charge is -2.42. The van der Waals surface area contributed by atoms with Crippen LogP contribution in [0, 0.1) is 5.92 Å². The number of hydrogen-bond donors (Lipinski definition) is 1. The van der Waals surface area contributed by atoms with Crippen LogP contribution in [-0.4, -0.2) is 65.5 Å². The summed E-state index contributed by atoms with van der Waals surface area (Å²) in [5.41, 5.74) is 9.24. The lowest BCUT2D eigenvalue weighted by atomic mass is 10.0. The monoisotopic (exact) mass is 364 g/mol. The highest BCUT2D eigenvalue weighted by Gasteiger charge is 2.36. The van der Waals surface area contributed by atoms with Crippen LogP contribution in [0.3, 0.4) is 0 Å². The van der Waals surface area contributed by atoms with Crippen molar-refractivity contribution in [3.05, 3.63) is 23.7 Å². The maximum Gasteiger partial charge on any atom is 0.163 e. The highest BCUT2D eigenvalue weighted by molar-refractivity contribution is 7.98. The number of allylic oxidation sites excluding steroid dienone is 1. The van der Waals surface area contributed by atoms with E-state index in [1.165, 1.54) is 5.57 Å². The summed E-state index contributed by atoms with van der Waals surface area (Å²) >= 11 is 1.82. The number of fused-ring (bicyclic) bond motifs is 1. The number of hydrogen-bond acceptors (Lipinski definition) is 7. The van der Waals surface area contributed by atoms with E-state index in [-0.39, 0.29) is 6.10 Å². The van der Waals surface area contributed by atoms with Crippen molar-refractivity contribution < 1.29 is 9.47 Å². The van der Waals surface area contributed by atoms with Crippen molar-refractivity contribution in [1.29, 1.82) is 0 Å². The van der Waals surface area contributed by atoms with Gasteiger partial charge >= 0.3 is 0 Å². The molecule has 0 saturated carbocycles. The smallest absolute Gasteiger partial charge is 0.163 e. The van der Waals surface area contributed by atoms with E-state index in [0.717, 1.165) is 43.1 Å². The van der Waals surface area contributed by atoms with Gasteiger partial charge in [0, 0.05) is 30.3 Å². The largest absolute Gasteiger partial charge is 0.383 e. The third-order valence-corrected chi connectivity index (χ3v) is 5.42. The Balaban J connectivity index is 1.61. The van der Waals surface area contributed by atoms with E-state index in [2.05, 4.69) is 34.2 Å². The van der Waals surface area contributed by atoms with Crippen LogP contribution in [0.5, 0.6) is 0 Å². The van der Waals surface area contributed by atoms with Crippen LogP contribution in [0.2, 0.25) is 0 Å². The molecule has 1 saturated heterocycles. The number of nitrogens with two attached hydrogens (primary N) is 1. The number of likely N-dealkylation sites (N-methyl/N-ethyl adjacent to an activating group) is 1. The van der Waals surface area contributed by atoms with Gasteiger partial charge < -0.3 is 20.1 Å².